The average Bonchev–Trinajstić information content (AvgIpc) is 3.93. The van der Waals surface area contributed by atoms with E-state index in [0.29, 0.717) is 36.7 Å². The van der Waals surface area contributed by atoms with Crippen LogP contribution in [0.2, 0.25) is 51.4 Å². The topological polar surface area (TPSA) is 162 Å². The number of ketones is 2. The van der Waals surface area contributed by atoms with Crippen molar-refractivity contribution in [1.29, 1.82) is 0 Å². The van der Waals surface area contributed by atoms with Gasteiger partial charge in [0.25, 0.3) is 0 Å². The van der Waals surface area contributed by atoms with Crippen molar-refractivity contribution in [3.8, 4) is 22.5 Å². The number of carbonyl (C=O) groups excluding carboxylic acids is 3. The third kappa shape index (κ3) is 12.1. The smallest absolute Gasteiger partial charge is 0.161 e. The summed E-state index contributed by atoms with van der Waals surface area (Å²) in [6.07, 6.45) is 7.70. The molecule has 2 N–H and O–H groups in total. The van der Waals surface area contributed by atoms with E-state index in [1.54, 1.807) is 32.4 Å². The third-order valence-electron chi connectivity index (χ3n) is 9.57. The van der Waals surface area contributed by atoms with Crippen LogP contribution in [0.3, 0.4) is 0 Å². The number of hydrogen-bond donors (Lipinski definition) is 1. The zero-order valence-electron chi connectivity index (χ0n) is 35.7. The highest BCUT2D eigenvalue weighted by molar-refractivity contribution is 6.76. The van der Waals surface area contributed by atoms with Crippen LogP contribution >= 0.6 is 11.6 Å². The summed E-state index contributed by atoms with van der Waals surface area (Å²) in [5, 5.41) is 0. The van der Waals surface area contributed by atoms with E-state index in [1.807, 2.05) is 69.8 Å². The summed E-state index contributed by atoms with van der Waals surface area (Å²) in [4.78, 5) is 50.0. The molecule has 7 rings (SSSR count). The summed E-state index contributed by atoms with van der Waals surface area (Å²) in [5.74, 6) is 0.610. The molecule has 60 heavy (non-hydrogen) atoms. The zero-order valence-corrected chi connectivity index (χ0v) is 38.5. The van der Waals surface area contributed by atoms with E-state index < -0.39 is 16.1 Å². The molecule has 16 heteroatoms. The Morgan fingerprint density at radius 3 is 1.70 bits per heavy atom. The second-order valence-electron chi connectivity index (χ2n) is 16.8. The molecule has 0 radical (unpaired) electrons. The molecular formula is C44H55ClN8O5Si2. The maximum absolute atomic E-state index is 11.6. The van der Waals surface area contributed by atoms with Crippen molar-refractivity contribution in [1.82, 2.24) is 33.5 Å². The van der Waals surface area contributed by atoms with Gasteiger partial charge in [0, 0.05) is 52.9 Å². The summed E-state index contributed by atoms with van der Waals surface area (Å²) in [5.41, 5.74) is 15.3. The molecule has 316 valence electrons. The number of alkyl halides is 1. The van der Waals surface area contributed by atoms with E-state index in [1.165, 1.54) is 0 Å². The summed E-state index contributed by atoms with van der Waals surface area (Å²) < 4.78 is 18.2. The summed E-state index contributed by atoms with van der Waals surface area (Å²) in [6, 6.07) is 21.5. The molecule has 13 nitrogen and oxygen atoms in total. The second kappa shape index (κ2) is 20.3. The van der Waals surface area contributed by atoms with Gasteiger partial charge in [0.05, 0.1) is 35.2 Å². The fourth-order valence-electron chi connectivity index (χ4n) is 6.17. The lowest BCUT2D eigenvalue weighted by atomic mass is 10.1. The SMILES string of the molecule is CC(=O)c1ccc(-c2cc3c(ncc4nccn43)n2COCC[Si](C)(C)C)cc1.CC(=O)c1ccc(-c2cc3nc(N)cnc3n2COCC[Si](C)(C)C)cc1.O=CCCl. The quantitative estimate of drug-likeness (QED) is 0.0346. The van der Waals surface area contributed by atoms with Gasteiger partial charge in [0.15, 0.2) is 28.5 Å². The molecule has 0 fully saturated rings. The number of halogens is 1. The number of rotatable bonds is 15. The summed E-state index contributed by atoms with van der Waals surface area (Å²) in [7, 11) is -2.29. The Kier molecular flexibility index (Phi) is 15.5. The minimum Gasteiger partial charge on any atom is -0.382 e. The lowest BCUT2D eigenvalue weighted by Crippen LogP contribution is -2.22. The monoisotopic (exact) mass is 866 g/mol. The number of anilines is 1. The standard InChI is InChI=1S/C22H26N4O2Si.C20H26N4O2Si.C2H3ClO/c1-16(27)17-5-7-18(8-6-17)19-13-20-22(24-14-21-23-9-10-25(20)21)26(19)15-28-11-12-29(2,3)4;1-14(25)15-5-7-16(8-6-15)18-11-17-20(22-12-19(21)23-17)24(18)13-26-9-10-27(2,3)4;3-1-2-4/h5-10,13-14H,11-12,15H2,1-4H3;5-8,11-12H,9-10,13H2,1-4H3,(H2,21,23);2H,1H2. The van der Waals surface area contributed by atoms with Crippen LogP contribution in [-0.2, 0) is 27.7 Å². The average molecular weight is 868 g/mol. The number of nitrogens with two attached hydrogens (primary N) is 1. The van der Waals surface area contributed by atoms with Crippen LogP contribution in [0.1, 0.15) is 34.6 Å². The fourth-order valence-corrected chi connectivity index (χ4v) is 7.68. The number of ether oxygens (including phenoxy) is 2. The van der Waals surface area contributed by atoms with Gasteiger partial charge in [0.1, 0.15) is 31.1 Å². The first-order valence-electron chi connectivity index (χ1n) is 19.8. The maximum Gasteiger partial charge on any atom is 0.161 e. The predicted octanol–water partition coefficient (Wildman–Crippen LogP) is 9.49. The molecule has 5 aromatic heterocycles. The van der Waals surface area contributed by atoms with E-state index in [9.17, 15) is 9.59 Å². The highest BCUT2D eigenvalue weighted by Crippen LogP contribution is 2.30. The molecule has 2 aromatic carbocycles. The largest absolute Gasteiger partial charge is 0.382 e. The van der Waals surface area contributed by atoms with Crippen LogP contribution in [-0.4, -0.2) is 86.6 Å². The van der Waals surface area contributed by atoms with Crippen molar-refractivity contribution in [2.75, 3.05) is 24.8 Å². The molecule has 0 aliphatic carbocycles. The number of Topliss-reactive ketones (excluding diaryl/α,β-unsaturated/α-hetero) is 2. The number of hydrogen-bond acceptors (Lipinski definition) is 10. The molecule has 0 saturated carbocycles. The first-order chi connectivity index (χ1) is 28.5. The first-order valence-corrected chi connectivity index (χ1v) is 27.8. The fraction of sp³-hybridized carbons (Fsp3) is 0.341. The molecule has 0 atom stereocenters. The Balaban J connectivity index is 0.000000210. The van der Waals surface area contributed by atoms with Gasteiger partial charge in [-0.25, -0.2) is 19.9 Å². The number of fused-ring (bicyclic) bond motifs is 4. The van der Waals surface area contributed by atoms with Crippen LogP contribution in [0.15, 0.2) is 85.5 Å². The van der Waals surface area contributed by atoms with Crippen molar-refractivity contribution in [2.45, 2.75) is 78.7 Å². The molecule has 0 spiro atoms. The van der Waals surface area contributed by atoms with Crippen molar-refractivity contribution >= 4 is 79.4 Å². The van der Waals surface area contributed by atoms with E-state index in [-0.39, 0.29) is 17.4 Å². The Labute approximate surface area is 357 Å². The molecule has 0 unspecified atom stereocenters. The summed E-state index contributed by atoms with van der Waals surface area (Å²) >= 11 is 4.82. The van der Waals surface area contributed by atoms with Gasteiger partial charge in [0.2, 0.25) is 0 Å². The highest BCUT2D eigenvalue weighted by atomic mass is 35.5. The molecule has 0 saturated heterocycles. The van der Waals surface area contributed by atoms with Crippen LogP contribution < -0.4 is 5.73 Å². The molecule has 0 amide bonds. The van der Waals surface area contributed by atoms with Gasteiger partial charge in [-0.3, -0.25) is 18.6 Å². The van der Waals surface area contributed by atoms with Gasteiger partial charge in [-0.05, 0) is 49.2 Å². The van der Waals surface area contributed by atoms with Gasteiger partial charge < -0.3 is 24.6 Å². The number of carbonyl (C=O) groups is 3. The number of benzene rings is 2. The third-order valence-corrected chi connectivity index (χ3v) is 13.1. The molecule has 0 aliphatic heterocycles. The minimum atomic E-state index is -1.15. The van der Waals surface area contributed by atoms with Crippen molar-refractivity contribution in [3.05, 3.63) is 96.6 Å². The molecule has 0 aliphatic rings. The number of nitrogens with zero attached hydrogens (tertiary/aromatic N) is 7. The molecule has 7 aromatic rings. The predicted molar refractivity (Wildman–Crippen MR) is 246 cm³/mol. The van der Waals surface area contributed by atoms with Crippen molar-refractivity contribution in [3.63, 3.8) is 0 Å². The van der Waals surface area contributed by atoms with Crippen molar-refractivity contribution in [2.24, 2.45) is 0 Å². The number of aldehydes is 1. The van der Waals surface area contributed by atoms with E-state index in [0.717, 1.165) is 75.8 Å². The van der Waals surface area contributed by atoms with Crippen molar-refractivity contribution < 1.29 is 23.9 Å². The Bertz CT molecular complexity index is 2550. The maximum atomic E-state index is 11.6. The highest BCUT2D eigenvalue weighted by Gasteiger charge is 2.18. The van der Waals surface area contributed by atoms with E-state index >= 15 is 0 Å². The van der Waals surface area contributed by atoms with Gasteiger partial charge in [-0.1, -0.05) is 87.8 Å². The number of nitrogen functional groups attached to an aromatic ring is 1. The Morgan fingerprint density at radius 2 is 1.22 bits per heavy atom. The molecule has 5 heterocycles. The van der Waals surface area contributed by atoms with Crippen LogP contribution in [0.5, 0.6) is 0 Å². The Hall–Kier alpha value is -5.33. The van der Waals surface area contributed by atoms with Crippen LogP contribution in [0, 0.1) is 0 Å². The van der Waals surface area contributed by atoms with Crippen LogP contribution in [0.25, 0.3) is 50.5 Å². The second-order valence-corrected chi connectivity index (χ2v) is 28.4. The minimum absolute atomic E-state index is 0.0490. The molecule has 0 bridgehead atoms. The number of imidazole rings is 1. The van der Waals surface area contributed by atoms with Crippen LogP contribution in [0.4, 0.5) is 5.82 Å². The summed E-state index contributed by atoms with van der Waals surface area (Å²) in [6.45, 7) is 19.5. The van der Waals surface area contributed by atoms with E-state index in [2.05, 4.69) is 69.9 Å². The number of aromatic nitrogens is 7. The van der Waals surface area contributed by atoms with Gasteiger partial charge in [-0.2, -0.15) is 0 Å². The van der Waals surface area contributed by atoms with Gasteiger partial charge >= 0.3 is 0 Å². The zero-order chi connectivity index (χ0) is 43.6. The lowest BCUT2D eigenvalue weighted by molar-refractivity contribution is -0.105. The van der Waals surface area contributed by atoms with E-state index in [4.69, 9.17) is 31.6 Å². The lowest BCUT2D eigenvalue weighted by Gasteiger charge is -2.16. The first kappa shape index (κ1) is 45.8. The van der Waals surface area contributed by atoms with Gasteiger partial charge in [-0.15, -0.1) is 11.6 Å². The molecular weight excluding hydrogens is 812 g/mol. The normalized spacial score (nSPS) is 11.6. The Morgan fingerprint density at radius 1 is 0.733 bits per heavy atom.